The Morgan fingerprint density at radius 1 is 1.56 bits per heavy atom. The fraction of sp³-hybridized carbons (Fsp3) is 0.800. The number of nitrogens with one attached hydrogen (secondary N) is 1. The Morgan fingerprint density at radius 2 is 2.31 bits per heavy atom. The highest BCUT2D eigenvalue weighted by Crippen LogP contribution is 2.03. The van der Waals surface area contributed by atoms with Gasteiger partial charge in [0.05, 0.1) is 19.3 Å². The topological polar surface area (TPSA) is 67.9 Å². The lowest BCUT2D eigenvalue weighted by molar-refractivity contribution is -0.141. The first kappa shape index (κ1) is 12.8. The normalized spacial score (nSPS) is 20.4. The van der Waals surface area contributed by atoms with Crippen molar-refractivity contribution in [3.8, 4) is 0 Å². The second kappa shape index (κ2) is 6.32. The average Bonchev–Trinajstić information content (AvgIpc) is 2.26. The Hall–Kier alpha value is -1.30. The Kier molecular flexibility index (Phi) is 5.04. The molecule has 0 bridgehead atoms. The van der Waals surface area contributed by atoms with E-state index in [0.717, 1.165) is 0 Å². The van der Waals surface area contributed by atoms with Crippen LogP contribution in [0.1, 0.15) is 13.8 Å². The van der Waals surface area contributed by atoms with Crippen LogP contribution in [0.5, 0.6) is 0 Å². The molecule has 0 aromatic heterocycles. The van der Waals surface area contributed by atoms with Gasteiger partial charge in [-0.15, -0.1) is 0 Å². The molecule has 2 amide bonds. The fourth-order valence-electron chi connectivity index (χ4n) is 1.47. The molecule has 1 heterocycles. The Bertz CT molecular complexity index is 257. The molecular formula is C10H18N2O4. The smallest absolute Gasteiger partial charge is 0.325 e. The van der Waals surface area contributed by atoms with Crippen LogP contribution < -0.4 is 5.32 Å². The molecular weight excluding hydrogens is 212 g/mol. The van der Waals surface area contributed by atoms with Crippen molar-refractivity contribution in [1.29, 1.82) is 0 Å². The number of rotatable bonds is 3. The molecule has 0 aliphatic carbocycles. The van der Waals surface area contributed by atoms with Gasteiger partial charge in [-0.05, 0) is 13.8 Å². The van der Waals surface area contributed by atoms with Crippen LogP contribution in [0.4, 0.5) is 4.79 Å². The highest BCUT2D eigenvalue weighted by atomic mass is 16.5. The zero-order valence-electron chi connectivity index (χ0n) is 9.69. The molecule has 1 saturated heterocycles. The fourth-order valence-corrected chi connectivity index (χ4v) is 1.47. The summed E-state index contributed by atoms with van der Waals surface area (Å²) in [6, 6.07) is -0.247. The first-order valence-corrected chi connectivity index (χ1v) is 5.43. The van der Waals surface area contributed by atoms with Crippen molar-refractivity contribution in [2.24, 2.45) is 0 Å². The maximum atomic E-state index is 11.6. The molecule has 0 aromatic carbocycles. The molecule has 6 nitrogen and oxygen atoms in total. The summed E-state index contributed by atoms with van der Waals surface area (Å²) < 4.78 is 10.0. The van der Waals surface area contributed by atoms with Gasteiger partial charge < -0.3 is 19.7 Å². The van der Waals surface area contributed by atoms with Crippen molar-refractivity contribution in [2.75, 3.05) is 32.8 Å². The van der Waals surface area contributed by atoms with Crippen LogP contribution in [0, 0.1) is 0 Å². The molecule has 0 radical (unpaired) electrons. The van der Waals surface area contributed by atoms with Crippen LogP contribution >= 0.6 is 0 Å². The molecule has 92 valence electrons. The van der Waals surface area contributed by atoms with Crippen molar-refractivity contribution in [1.82, 2.24) is 10.2 Å². The van der Waals surface area contributed by atoms with E-state index >= 15 is 0 Å². The first-order chi connectivity index (χ1) is 7.63. The maximum Gasteiger partial charge on any atom is 0.325 e. The highest BCUT2D eigenvalue weighted by Gasteiger charge is 2.21. The lowest BCUT2D eigenvalue weighted by Gasteiger charge is -2.30. The van der Waals surface area contributed by atoms with Crippen molar-refractivity contribution in [3.05, 3.63) is 0 Å². The Labute approximate surface area is 94.9 Å². The van der Waals surface area contributed by atoms with Gasteiger partial charge >= 0.3 is 12.0 Å². The van der Waals surface area contributed by atoms with Gasteiger partial charge in [0, 0.05) is 13.1 Å². The van der Waals surface area contributed by atoms with Crippen LogP contribution in [-0.2, 0) is 14.3 Å². The molecule has 0 saturated carbocycles. The van der Waals surface area contributed by atoms with E-state index in [0.29, 0.717) is 26.3 Å². The molecule has 1 aliphatic heterocycles. The molecule has 6 heteroatoms. The molecule has 0 spiro atoms. The molecule has 16 heavy (non-hydrogen) atoms. The predicted molar refractivity (Wildman–Crippen MR) is 57.0 cm³/mol. The molecule has 0 aromatic rings. The minimum Gasteiger partial charge on any atom is -0.465 e. The van der Waals surface area contributed by atoms with E-state index in [-0.39, 0.29) is 18.7 Å². The second-order valence-corrected chi connectivity index (χ2v) is 3.59. The van der Waals surface area contributed by atoms with E-state index in [1.54, 1.807) is 11.8 Å². The molecule has 1 aliphatic rings. The van der Waals surface area contributed by atoms with Gasteiger partial charge in [0.15, 0.2) is 0 Å². The Morgan fingerprint density at radius 3 is 2.94 bits per heavy atom. The number of urea groups is 1. The number of hydrogen-bond acceptors (Lipinski definition) is 4. The van der Waals surface area contributed by atoms with E-state index in [1.807, 2.05) is 6.92 Å². The predicted octanol–water partition coefficient (Wildman–Crippen LogP) is -0.0202. The lowest BCUT2D eigenvalue weighted by Crippen LogP contribution is -2.49. The SMILES string of the molecule is CCOC(=O)CNC(=O)N1CCOC(C)C1. The number of carbonyl (C=O) groups is 2. The molecule has 1 fully saturated rings. The highest BCUT2D eigenvalue weighted by molar-refractivity contribution is 5.80. The third-order valence-corrected chi connectivity index (χ3v) is 2.22. The van der Waals surface area contributed by atoms with Gasteiger partial charge in [-0.1, -0.05) is 0 Å². The molecule has 1 rings (SSSR count). The third kappa shape index (κ3) is 4.06. The van der Waals surface area contributed by atoms with E-state index < -0.39 is 5.97 Å². The van der Waals surface area contributed by atoms with E-state index in [1.165, 1.54) is 0 Å². The van der Waals surface area contributed by atoms with Gasteiger partial charge in [0.1, 0.15) is 6.54 Å². The molecule has 1 atom stereocenters. The van der Waals surface area contributed by atoms with Crippen LogP contribution in [0.2, 0.25) is 0 Å². The zero-order valence-corrected chi connectivity index (χ0v) is 9.69. The summed E-state index contributed by atoms with van der Waals surface area (Å²) in [5.74, 6) is -0.419. The number of carbonyl (C=O) groups excluding carboxylic acids is 2. The van der Waals surface area contributed by atoms with Crippen LogP contribution in [-0.4, -0.2) is 55.9 Å². The zero-order chi connectivity index (χ0) is 12.0. The number of morpholine rings is 1. The summed E-state index contributed by atoms with van der Waals surface area (Å²) in [6.45, 7) is 5.51. The first-order valence-electron chi connectivity index (χ1n) is 5.43. The van der Waals surface area contributed by atoms with Crippen LogP contribution in [0.3, 0.4) is 0 Å². The van der Waals surface area contributed by atoms with Crippen molar-refractivity contribution in [3.63, 3.8) is 0 Å². The van der Waals surface area contributed by atoms with Gasteiger partial charge in [0.2, 0.25) is 0 Å². The summed E-state index contributed by atoms with van der Waals surface area (Å²) in [7, 11) is 0. The number of amides is 2. The summed E-state index contributed by atoms with van der Waals surface area (Å²) in [4.78, 5) is 24.3. The molecule has 1 unspecified atom stereocenters. The quantitative estimate of drug-likeness (QED) is 0.692. The van der Waals surface area contributed by atoms with Crippen molar-refractivity contribution < 1.29 is 19.1 Å². The second-order valence-electron chi connectivity index (χ2n) is 3.59. The average molecular weight is 230 g/mol. The Balaban J connectivity index is 2.26. The number of hydrogen-bond donors (Lipinski definition) is 1. The van der Waals surface area contributed by atoms with Crippen molar-refractivity contribution >= 4 is 12.0 Å². The van der Waals surface area contributed by atoms with E-state index in [4.69, 9.17) is 9.47 Å². The largest absolute Gasteiger partial charge is 0.465 e. The minimum atomic E-state index is -0.419. The molecule has 1 N–H and O–H groups in total. The van der Waals surface area contributed by atoms with E-state index in [9.17, 15) is 9.59 Å². The summed E-state index contributed by atoms with van der Waals surface area (Å²) in [5, 5.41) is 2.51. The lowest BCUT2D eigenvalue weighted by atomic mass is 10.3. The van der Waals surface area contributed by atoms with Gasteiger partial charge in [-0.25, -0.2) is 4.79 Å². The van der Waals surface area contributed by atoms with Gasteiger partial charge in [-0.2, -0.15) is 0 Å². The summed E-state index contributed by atoms with van der Waals surface area (Å²) in [6.07, 6.45) is 0.0436. The number of ether oxygens (including phenoxy) is 2. The maximum absolute atomic E-state index is 11.6. The van der Waals surface area contributed by atoms with Gasteiger partial charge in [0.25, 0.3) is 0 Å². The number of esters is 1. The summed E-state index contributed by atoms with van der Waals surface area (Å²) in [5.41, 5.74) is 0. The van der Waals surface area contributed by atoms with Crippen molar-refractivity contribution in [2.45, 2.75) is 20.0 Å². The standard InChI is InChI=1S/C10H18N2O4/c1-3-15-9(13)6-11-10(14)12-4-5-16-8(2)7-12/h8H,3-7H2,1-2H3,(H,11,14). The van der Waals surface area contributed by atoms with E-state index in [2.05, 4.69) is 5.32 Å². The number of nitrogens with zero attached hydrogens (tertiary/aromatic N) is 1. The minimum absolute atomic E-state index is 0.0436. The van der Waals surface area contributed by atoms with Crippen LogP contribution in [0.15, 0.2) is 0 Å². The monoisotopic (exact) mass is 230 g/mol. The third-order valence-electron chi connectivity index (χ3n) is 2.22. The van der Waals surface area contributed by atoms with Gasteiger partial charge in [-0.3, -0.25) is 4.79 Å². The summed E-state index contributed by atoms with van der Waals surface area (Å²) >= 11 is 0. The van der Waals surface area contributed by atoms with Crippen LogP contribution in [0.25, 0.3) is 0 Å².